The molecule has 0 unspecified atom stereocenters. The molecule has 5 N–H and O–H groups in total. The summed E-state index contributed by atoms with van der Waals surface area (Å²) in [5, 5.41) is 10.0. The number of rotatable bonds is 3. The first kappa shape index (κ1) is 30.5. The number of amides is 1. The molecule has 0 saturated heterocycles. The van der Waals surface area contributed by atoms with Gasteiger partial charge < -0.3 is 40.5 Å². The van der Waals surface area contributed by atoms with Gasteiger partial charge >= 0.3 is 6.18 Å². The van der Waals surface area contributed by atoms with Crippen LogP contribution in [0.4, 0.5) is 24.5 Å². The summed E-state index contributed by atoms with van der Waals surface area (Å²) in [7, 11) is 0. The van der Waals surface area contributed by atoms with E-state index in [1.807, 2.05) is 24.3 Å². The van der Waals surface area contributed by atoms with Crippen molar-refractivity contribution in [2.75, 3.05) is 63.3 Å². The van der Waals surface area contributed by atoms with E-state index in [1.54, 1.807) is 24.3 Å². The van der Waals surface area contributed by atoms with Crippen LogP contribution in [0.25, 0.3) is 10.9 Å². The molecule has 1 aliphatic heterocycles. The molecule has 1 atom stereocenters. The third kappa shape index (κ3) is 9.27. The zero-order chi connectivity index (χ0) is 29.1. The lowest BCUT2D eigenvalue weighted by Crippen LogP contribution is -2.42. The van der Waals surface area contributed by atoms with E-state index in [-0.39, 0.29) is 12.5 Å². The van der Waals surface area contributed by atoms with Crippen LogP contribution in [0.1, 0.15) is 18.5 Å². The van der Waals surface area contributed by atoms with Crippen LogP contribution in [0.5, 0.6) is 5.75 Å². The highest BCUT2D eigenvalue weighted by Gasteiger charge is 2.30. The number of alkyl halides is 3. The first-order valence-electron chi connectivity index (χ1n) is 13.9. The van der Waals surface area contributed by atoms with Crippen molar-refractivity contribution in [1.82, 2.24) is 9.88 Å². The molecule has 4 bridgehead atoms. The summed E-state index contributed by atoms with van der Waals surface area (Å²) in [6.07, 6.45) is -3.01. The van der Waals surface area contributed by atoms with E-state index in [2.05, 4.69) is 16.0 Å². The van der Waals surface area contributed by atoms with Crippen LogP contribution in [0.3, 0.4) is 0 Å². The average Bonchev–Trinajstić information content (AvgIpc) is 3.28. The summed E-state index contributed by atoms with van der Waals surface area (Å²) in [4.78, 5) is 12.9. The fourth-order valence-corrected chi connectivity index (χ4v) is 4.77. The first-order chi connectivity index (χ1) is 19.8. The van der Waals surface area contributed by atoms with Crippen molar-refractivity contribution >= 4 is 28.2 Å². The number of nitrogens with zero attached hydrogens (tertiary/aromatic N) is 1. The molecule has 12 heteroatoms. The smallest absolute Gasteiger partial charge is 0.406 e. The van der Waals surface area contributed by atoms with E-state index < -0.39 is 18.8 Å². The van der Waals surface area contributed by atoms with Crippen molar-refractivity contribution in [3.05, 3.63) is 54.2 Å². The molecule has 0 radical (unpaired) electrons. The van der Waals surface area contributed by atoms with Gasteiger partial charge in [0.15, 0.2) is 0 Å². The van der Waals surface area contributed by atoms with Gasteiger partial charge in [0, 0.05) is 41.6 Å². The van der Waals surface area contributed by atoms with Crippen molar-refractivity contribution in [3.8, 4) is 5.75 Å². The van der Waals surface area contributed by atoms with Gasteiger partial charge in [-0.3, -0.25) is 4.79 Å². The number of benzene rings is 2. The van der Waals surface area contributed by atoms with Crippen LogP contribution in [0, 0.1) is 0 Å². The molecule has 2 heterocycles. The molecule has 1 aliphatic rings. The summed E-state index contributed by atoms with van der Waals surface area (Å²) in [5.74, 6) is 0.432. The van der Waals surface area contributed by atoms with E-state index in [0.717, 1.165) is 5.69 Å². The third-order valence-electron chi connectivity index (χ3n) is 6.66. The Morgan fingerprint density at radius 1 is 0.951 bits per heavy atom. The highest BCUT2D eigenvalue weighted by atomic mass is 19.4. The lowest BCUT2D eigenvalue weighted by Gasteiger charge is -2.20. The van der Waals surface area contributed by atoms with Gasteiger partial charge in [-0.05, 0) is 56.1 Å². The topological polar surface area (TPSA) is 112 Å². The second-order valence-electron chi connectivity index (χ2n) is 9.77. The SMILES string of the molecule is NCC[C@@H]1Nc2cccc3c2cc(n3CC(F)(F)F)CCCNc2cccc(c2)OCCOCCOCCNC1=O. The Labute approximate surface area is 237 Å². The van der Waals surface area contributed by atoms with Crippen molar-refractivity contribution in [3.63, 3.8) is 0 Å². The molecule has 1 aromatic heterocycles. The summed E-state index contributed by atoms with van der Waals surface area (Å²) in [5.41, 5.74) is 8.23. The van der Waals surface area contributed by atoms with Gasteiger partial charge in [0.2, 0.25) is 5.91 Å². The normalized spacial score (nSPS) is 18.5. The minimum Gasteiger partial charge on any atom is -0.491 e. The van der Waals surface area contributed by atoms with Crippen molar-refractivity contribution in [2.24, 2.45) is 5.73 Å². The molecular formula is C29H38F3N5O4. The highest BCUT2D eigenvalue weighted by molar-refractivity contribution is 5.95. The van der Waals surface area contributed by atoms with Gasteiger partial charge in [-0.2, -0.15) is 13.2 Å². The number of aryl methyl sites for hydroxylation is 1. The number of anilines is 2. The Morgan fingerprint density at radius 3 is 2.54 bits per heavy atom. The van der Waals surface area contributed by atoms with Gasteiger partial charge in [0.25, 0.3) is 0 Å². The number of nitrogens with one attached hydrogen (secondary N) is 3. The standard InChI is InChI=1S/C29H38F3N5O4/c30-29(31,32)20-37-22-5-3-11-34-21-4-1-6-23(18-21)41-17-16-40-15-14-39-13-12-35-28(38)26(9-10-33)36-25-7-2-8-27(37)24(25)19-22/h1-2,4,6-8,18-19,26,34,36H,3,5,9-17,20,33H2,(H,35,38)/t26-/m0/s1. The number of fused-ring (bicyclic) bond motifs is 3. The molecule has 224 valence electrons. The van der Waals surface area contributed by atoms with Crippen LogP contribution < -0.4 is 26.4 Å². The van der Waals surface area contributed by atoms with Crippen LogP contribution in [0.15, 0.2) is 48.5 Å². The molecule has 0 spiro atoms. The molecule has 41 heavy (non-hydrogen) atoms. The maximum atomic E-state index is 13.6. The summed E-state index contributed by atoms with van der Waals surface area (Å²) in [6.45, 7) is 1.87. The summed E-state index contributed by atoms with van der Waals surface area (Å²) >= 11 is 0. The van der Waals surface area contributed by atoms with Crippen molar-refractivity contribution < 1.29 is 32.2 Å². The van der Waals surface area contributed by atoms with Crippen LogP contribution in [-0.2, 0) is 27.2 Å². The number of aromatic nitrogens is 1. The summed E-state index contributed by atoms with van der Waals surface area (Å²) < 4.78 is 59.0. The average molecular weight is 578 g/mol. The Kier molecular flexibility index (Phi) is 11.1. The van der Waals surface area contributed by atoms with E-state index >= 15 is 0 Å². The maximum absolute atomic E-state index is 13.6. The van der Waals surface area contributed by atoms with Gasteiger partial charge in [0.1, 0.15) is 24.9 Å². The molecule has 0 fully saturated rings. The lowest BCUT2D eigenvalue weighted by atomic mass is 10.1. The lowest BCUT2D eigenvalue weighted by molar-refractivity contribution is -0.140. The Balaban J connectivity index is 1.58. The van der Waals surface area contributed by atoms with Gasteiger partial charge in [-0.25, -0.2) is 0 Å². The molecule has 1 amide bonds. The number of halogens is 3. The fourth-order valence-electron chi connectivity index (χ4n) is 4.77. The van der Waals surface area contributed by atoms with Crippen molar-refractivity contribution in [2.45, 2.75) is 38.0 Å². The number of hydrogen-bond donors (Lipinski definition) is 4. The predicted octanol–water partition coefficient (Wildman–Crippen LogP) is 3.92. The molecular weight excluding hydrogens is 539 g/mol. The number of carbonyl (C=O) groups excluding carboxylic acids is 1. The Hall–Kier alpha value is -3.48. The molecule has 2 aromatic carbocycles. The Morgan fingerprint density at radius 2 is 1.73 bits per heavy atom. The zero-order valence-corrected chi connectivity index (χ0v) is 23.0. The second-order valence-corrected chi connectivity index (χ2v) is 9.77. The third-order valence-corrected chi connectivity index (χ3v) is 6.66. The van der Waals surface area contributed by atoms with Crippen LogP contribution in [-0.4, -0.2) is 75.4 Å². The van der Waals surface area contributed by atoms with E-state index in [1.165, 1.54) is 4.57 Å². The molecule has 0 saturated carbocycles. The van der Waals surface area contributed by atoms with E-state index in [4.69, 9.17) is 19.9 Å². The number of hydrogen-bond acceptors (Lipinski definition) is 7. The van der Waals surface area contributed by atoms with Gasteiger partial charge in [-0.1, -0.05) is 12.1 Å². The van der Waals surface area contributed by atoms with Gasteiger partial charge in [0.05, 0.1) is 31.9 Å². The highest BCUT2D eigenvalue weighted by Crippen LogP contribution is 2.31. The van der Waals surface area contributed by atoms with Crippen LogP contribution >= 0.6 is 0 Å². The Bertz CT molecular complexity index is 1270. The number of carbonyl (C=O) groups is 1. The largest absolute Gasteiger partial charge is 0.491 e. The molecule has 4 rings (SSSR count). The first-order valence-corrected chi connectivity index (χ1v) is 13.9. The zero-order valence-electron chi connectivity index (χ0n) is 23.0. The second kappa shape index (κ2) is 14.9. The number of nitrogens with two attached hydrogens (primary N) is 1. The monoisotopic (exact) mass is 577 g/mol. The minimum absolute atomic E-state index is 0.259. The van der Waals surface area contributed by atoms with E-state index in [0.29, 0.717) is 93.4 Å². The van der Waals surface area contributed by atoms with E-state index in [9.17, 15) is 18.0 Å². The quantitative estimate of drug-likeness (QED) is 0.374. The van der Waals surface area contributed by atoms with Crippen molar-refractivity contribution in [1.29, 1.82) is 0 Å². The van der Waals surface area contributed by atoms with Crippen LogP contribution in [0.2, 0.25) is 0 Å². The maximum Gasteiger partial charge on any atom is 0.406 e. The summed E-state index contributed by atoms with van der Waals surface area (Å²) in [6, 6.07) is 13.8. The predicted molar refractivity (Wildman–Crippen MR) is 152 cm³/mol. The molecule has 0 aliphatic carbocycles. The van der Waals surface area contributed by atoms with Gasteiger partial charge in [-0.15, -0.1) is 0 Å². The molecule has 9 nitrogen and oxygen atoms in total. The fraction of sp³-hybridized carbons (Fsp3) is 0.483. The number of ether oxygens (including phenoxy) is 3. The minimum atomic E-state index is -4.39. The molecule has 3 aromatic rings.